The number of hydrogen-bond acceptors (Lipinski definition) is 3. The van der Waals surface area contributed by atoms with Gasteiger partial charge < -0.3 is 9.64 Å². The number of ether oxygens (including phenoxy) is 1. The van der Waals surface area contributed by atoms with Crippen molar-refractivity contribution >= 4 is 12.0 Å². The zero-order valence-electron chi connectivity index (χ0n) is 11.3. The van der Waals surface area contributed by atoms with Crippen LogP contribution in [0.25, 0.3) is 0 Å². The van der Waals surface area contributed by atoms with Crippen molar-refractivity contribution < 1.29 is 14.3 Å². The minimum atomic E-state index is -0.481. The molecule has 0 N–H and O–H groups in total. The monoisotopic (exact) mass is 242 g/mol. The summed E-state index contributed by atoms with van der Waals surface area (Å²) in [6.45, 7) is 6.50. The van der Waals surface area contributed by atoms with E-state index < -0.39 is 6.23 Å². The summed E-state index contributed by atoms with van der Waals surface area (Å²) in [5.41, 5.74) is -0.263. The molecular formula is C12H22N2O3. The Labute approximate surface area is 103 Å². The summed E-state index contributed by atoms with van der Waals surface area (Å²) in [7, 11) is 3.42. The second-order valence-corrected chi connectivity index (χ2v) is 5.33. The molecule has 1 fully saturated rings. The fourth-order valence-corrected chi connectivity index (χ4v) is 2.28. The molecule has 17 heavy (non-hydrogen) atoms. The predicted octanol–water partition coefficient (Wildman–Crippen LogP) is 1.68. The van der Waals surface area contributed by atoms with Crippen molar-refractivity contribution in [1.82, 2.24) is 9.80 Å². The first-order valence-electron chi connectivity index (χ1n) is 5.97. The molecule has 1 heterocycles. The van der Waals surface area contributed by atoms with Crippen LogP contribution in [0.2, 0.25) is 0 Å². The van der Waals surface area contributed by atoms with Crippen molar-refractivity contribution in [3.05, 3.63) is 0 Å². The molecule has 1 atom stereocenters. The molecule has 1 rings (SSSR count). The summed E-state index contributed by atoms with van der Waals surface area (Å²) in [6.07, 6.45) is 0.666. The van der Waals surface area contributed by atoms with E-state index in [1.807, 2.05) is 20.8 Å². The molecule has 5 nitrogen and oxygen atoms in total. The van der Waals surface area contributed by atoms with Crippen LogP contribution in [0.4, 0.5) is 4.79 Å². The zero-order chi connectivity index (χ0) is 13.2. The van der Waals surface area contributed by atoms with E-state index in [1.165, 1.54) is 4.90 Å². The van der Waals surface area contributed by atoms with Crippen LogP contribution < -0.4 is 0 Å². The second kappa shape index (κ2) is 4.94. The van der Waals surface area contributed by atoms with Crippen LogP contribution in [0.15, 0.2) is 0 Å². The van der Waals surface area contributed by atoms with Gasteiger partial charge in [0.1, 0.15) is 0 Å². The lowest BCUT2D eigenvalue weighted by Crippen LogP contribution is -2.61. The van der Waals surface area contributed by atoms with Crippen LogP contribution >= 0.6 is 0 Å². The van der Waals surface area contributed by atoms with Gasteiger partial charge in [0, 0.05) is 32.5 Å². The Morgan fingerprint density at radius 3 is 2.59 bits per heavy atom. The Morgan fingerprint density at radius 1 is 1.47 bits per heavy atom. The van der Waals surface area contributed by atoms with Crippen LogP contribution in [-0.4, -0.2) is 48.7 Å². The lowest BCUT2D eigenvalue weighted by atomic mass is 9.88. The van der Waals surface area contributed by atoms with Gasteiger partial charge in [-0.1, -0.05) is 20.8 Å². The van der Waals surface area contributed by atoms with Gasteiger partial charge in [0.15, 0.2) is 6.23 Å². The van der Waals surface area contributed by atoms with Crippen molar-refractivity contribution in [3.8, 4) is 0 Å². The number of rotatable bonds is 3. The highest BCUT2D eigenvalue weighted by molar-refractivity contribution is 5.76. The Kier molecular flexibility index (Phi) is 4.01. The molecule has 0 aromatic carbocycles. The molecule has 0 bridgehead atoms. The zero-order valence-corrected chi connectivity index (χ0v) is 11.3. The average molecular weight is 242 g/mol. The molecule has 0 aromatic heterocycles. The van der Waals surface area contributed by atoms with Crippen molar-refractivity contribution in [2.24, 2.45) is 5.41 Å². The maximum Gasteiger partial charge on any atom is 0.322 e. The van der Waals surface area contributed by atoms with Crippen LogP contribution in [0.3, 0.4) is 0 Å². The summed E-state index contributed by atoms with van der Waals surface area (Å²) < 4.78 is 5.42. The van der Waals surface area contributed by atoms with Crippen LogP contribution in [0.1, 0.15) is 33.6 Å². The van der Waals surface area contributed by atoms with Gasteiger partial charge in [0.25, 0.3) is 0 Å². The summed E-state index contributed by atoms with van der Waals surface area (Å²) in [4.78, 5) is 26.5. The Balaban J connectivity index is 2.80. The SMILES string of the molecule is CCCC(=O)OC1N(C)C(=O)N(C)CC1(C)C. The average Bonchev–Trinajstić information content (AvgIpc) is 2.21. The van der Waals surface area contributed by atoms with E-state index in [4.69, 9.17) is 4.74 Å². The summed E-state index contributed by atoms with van der Waals surface area (Å²) in [6, 6.07) is -0.112. The van der Waals surface area contributed by atoms with E-state index >= 15 is 0 Å². The highest BCUT2D eigenvalue weighted by Crippen LogP contribution is 2.31. The summed E-state index contributed by atoms with van der Waals surface area (Å²) >= 11 is 0. The first-order valence-corrected chi connectivity index (χ1v) is 5.97. The number of esters is 1. The fourth-order valence-electron chi connectivity index (χ4n) is 2.28. The van der Waals surface area contributed by atoms with Gasteiger partial charge >= 0.3 is 12.0 Å². The van der Waals surface area contributed by atoms with Gasteiger partial charge in [-0.05, 0) is 6.42 Å². The highest BCUT2D eigenvalue weighted by atomic mass is 16.6. The molecule has 0 aromatic rings. The van der Waals surface area contributed by atoms with Crippen LogP contribution in [0, 0.1) is 5.41 Å². The predicted molar refractivity (Wildman–Crippen MR) is 64.4 cm³/mol. The standard InChI is InChI=1S/C12H22N2O3/c1-6-7-9(15)17-10-12(2,3)8-13(4)11(16)14(10)5/h10H,6-8H2,1-5H3. The molecular weight excluding hydrogens is 220 g/mol. The number of carbonyl (C=O) groups excluding carboxylic acids is 2. The topological polar surface area (TPSA) is 49.9 Å². The van der Waals surface area contributed by atoms with Gasteiger partial charge in [0.05, 0.1) is 0 Å². The molecule has 2 amide bonds. The van der Waals surface area contributed by atoms with E-state index in [1.54, 1.807) is 19.0 Å². The number of hydrogen-bond donors (Lipinski definition) is 0. The summed E-state index contributed by atoms with van der Waals surface area (Å²) in [5, 5.41) is 0. The normalized spacial score (nSPS) is 23.8. The molecule has 1 saturated heterocycles. The fraction of sp³-hybridized carbons (Fsp3) is 0.833. The maximum absolute atomic E-state index is 11.8. The minimum absolute atomic E-state index is 0.112. The number of nitrogens with zero attached hydrogens (tertiary/aromatic N) is 2. The molecule has 1 aliphatic heterocycles. The third-order valence-corrected chi connectivity index (χ3v) is 2.99. The highest BCUT2D eigenvalue weighted by Gasteiger charge is 2.44. The molecule has 98 valence electrons. The van der Waals surface area contributed by atoms with E-state index in [2.05, 4.69) is 0 Å². The smallest absolute Gasteiger partial charge is 0.322 e. The number of amides is 2. The van der Waals surface area contributed by atoms with Crippen molar-refractivity contribution in [1.29, 1.82) is 0 Å². The van der Waals surface area contributed by atoms with E-state index in [0.29, 0.717) is 13.0 Å². The largest absolute Gasteiger partial charge is 0.441 e. The van der Waals surface area contributed by atoms with E-state index in [-0.39, 0.29) is 17.4 Å². The first-order chi connectivity index (χ1) is 7.79. The third kappa shape index (κ3) is 2.90. The molecule has 0 saturated carbocycles. The molecule has 0 radical (unpaired) electrons. The van der Waals surface area contributed by atoms with E-state index in [0.717, 1.165) is 6.42 Å². The summed E-state index contributed by atoms with van der Waals surface area (Å²) in [5.74, 6) is -0.241. The first kappa shape index (κ1) is 13.8. The number of urea groups is 1. The van der Waals surface area contributed by atoms with Crippen LogP contribution in [0.5, 0.6) is 0 Å². The lowest BCUT2D eigenvalue weighted by Gasteiger charge is -2.47. The molecule has 0 spiro atoms. The van der Waals surface area contributed by atoms with Gasteiger partial charge in [0.2, 0.25) is 0 Å². The van der Waals surface area contributed by atoms with Gasteiger partial charge in [-0.3, -0.25) is 9.69 Å². The van der Waals surface area contributed by atoms with Gasteiger partial charge in [-0.25, -0.2) is 4.79 Å². The minimum Gasteiger partial charge on any atom is -0.441 e. The second-order valence-electron chi connectivity index (χ2n) is 5.33. The van der Waals surface area contributed by atoms with Gasteiger partial charge in [-0.2, -0.15) is 0 Å². The van der Waals surface area contributed by atoms with Crippen molar-refractivity contribution in [2.45, 2.75) is 39.8 Å². The molecule has 5 heteroatoms. The van der Waals surface area contributed by atoms with Crippen molar-refractivity contribution in [2.75, 3.05) is 20.6 Å². The molecule has 0 aliphatic carbocycles. The van der Waals surface area contributed by atoms with Crippen LogP contribution in [-0.2, 0) is 9.53 Å². The third-order valence-electron chi connectivity index (χ3n) is 2.99. The Hall–Kier alpha value is -1.26. The molecule has 1 aliphatic rings. The maximum atomic E-state index is 11.8. The van der Waals surface area contributed by atoms with Crippen molar-refractivity contribution in [3.63, 3.8) is 0 Å². The molecule has 1 unspecified atom stereocenters. The quantitative estimate of drug-likeness (QED) is 0.707. The lowest BCUT2D eigenvalue weighted by molar-refractivity contribution is -0.172. The number of carbonyl (C=O) groups is 2. The van der Waals surface area contributed by atoms with Gasteiger partial charge in [-0.15, -0.1) is 0 Å². The Bertz CT molecular complexity index is 315. The Morgan fingerprint density at radius 2 is 2.06 bits per heavy atom. The van der Waals surface area contributed by atoms with E-state index in [9.17, 15) is 9.59 Å².